The first-order valence-corrected chi connectivity index (χ1v) is 14.9. The number of halogens is 1. The second kappa shape index (κ2) is 62.2. The molecule has 3 radical (unpaired) electrons. The normalized spacial score (nSPS) is 11.9. The molecule has 241 valence electrons. The van der Waals surface area contributed by atoms with Crippen LogP contribution in [0.3, 0.4) is 0 Å². The molecular weight excluding hydrogens is 677 g/mol. The van der Waals surface area contributed by atoms with Crippen molar-refractivity contribution in [2.75, 3.05) is 19.8 Å². The van der Waals surface area contributed by atoms with E-state index in [0.29, 0.717) is 16.9 Å². The van der Waals surface area contributed by atoms with E-state index in [1.165, 1.54) is 56.3 Å². The zero-order chi connectivity index (χ0) is 30.1. The van der Waals surface area contributed by atoms with Gasteiger partial charge in [-0.1, -0.05) is 57.3 Å². The Morgan fingerprint density at radius 3 is 1.50 bits per heavy atom. The molecule has 2 N–H and O–H groups in total. The molecule has 3 atom stereocenters. The fraction of sp³-hybridized carbons (Fsp3) is 0.731. The van der Waals surface area contributed by atoms with Gasteiger partial charge in [0, 0.05) is 71.2 Å². The van der Waals surface area contributed by atoms with E-state index in [2.05, 4.69) is 39.1 Å². The Bertz CT molecular complexity index is 592. The number of thioether (sulfide) groups is 2. The molecule has 1 rings (SSSR count). The quantitative estimate of drug-likeness (QED) is 0.135. The van der Waals surface area contributed by atoms with Crippen LogP contribution in [-0.2, 0) is 28.7 Å². The molecule has 0 aliphatic carbocycles. The summed E-state index contributed by atoms with van der Waals surface area (Å²) in [5.41, 5.74) is 0. The predicted molar refractivity (Wildman–Crippen MR) is 183 cm³/mol. The summed E-state index contributed by atoms with van der Waals surface area (Å²) in [6.07, 6.45) is 9.60. The smallest absolute Gasteiger partial charge is 1.00 e. The zero-order valence-electron chi connectivity index (χ0n) is 28.2. The van der Waals surface area contributed by atoms with Gasteiger partial charge < -0.3 is 21.5 Å². The van der Waals surface area contributed by atoms with Crippen LogP contribution in [0.25, 0.3) is 0 Å². The van der Waals surface area contributed by atoms with E-state index in [0.717, 1.165) is 38.6 Å². The molecule has 1 heterocycles. The van der Waals surface area contributed by atoms with Crippen molar-refractivity contribution in [2.24, 2.45) is 0 Å². The summed E-state index contributed by atoms with van der Waals surface area (Å²) in [5, 5.41) is 9.32. The van der Waals surface area contributed by atoms with Crippen LogP contribution in [0, 0.1) is 0 Å². The summed E-state index contributed by atoms with van der Waals surface area (Å²) in [6, 6.07) is 0. The second-order valence-corrected chi connectivity index (χ2v) is 12.3. The molecule has 0 bridgehead atoms. The molecule has 42 heavy (non-hydrogen) atoms. The first-order chi connectivity index (χ1) is 17.2. The van der Waals surface area contributed by atoms with Crippen LogP contribution in [-0.4, -0.2) is 82.5 Å². The number of ether oxygens (including phenoxy) is 1. The minimum atomic E-state index is -0.139. The number of allylic oxidation sites excluding steroid dienone is 2. The maximum atomic E-state index is 10.4. The number of aliphatic hydroxyl groups is 1. The topological polar surface area (TPSA) is 145 Å². The van der Waals surface area contributed by atoms with Gasteiger partial charge in [0.05, 0.1) is 0 Å². The molecule has 3 unspecified atom stereocenters. The number of aliphatic hydroxyl groups excluding tert-OH is 1. The van der Waals surface area contributed by atoms with Gasteiger partial charge in [0.15, 0.2) is 15.3 Å². The maximum absolute atomic E-state index is 10.4. The molecule has 1 saturated heterocycles. The first kappa shape index (κ1) is 70.6. The van der Waals surface area contributed by atoms with Gasteiger partial charge in [-0.15, -0.1) is 25.0 Å². The molecule has 1 fully saturated rings. The third kappa shape index (κ3) is 113. The number of rotatable bonds is 8. The van der Waals surface area contributed by atoms with E-state index in [1.54, 1.807) is 19.9 Å². The van der Waals surface area contributed by atoms with Crippen molar-refractivity contribution in [3.05, 3.63) is 12.2 Å². The van der Waals surface area contributed by atoms with Crippen molar-refractivity contribution in [1.82, 2.24) is 0 Å². The third-order valence-corrected chi connectivity index (χ3v) is 5.64. The fourth-order valence-electron chi connectivity index (χ4n) is 1.61. The summed E-state index contributed by atoms with van der Waals surface area (Å²) in [6.45, 7) is 16.5. The van der Waals surface area contributed by atoms with E-state index in [-0.39, 0.29) is 136 Å². The average molecular weight is 730 g/mol. The maximum Gasteiger partial charge on any atom is 1.00 e. The summed E-state index contributed by atoms with van der Waals surface area (Å²) in [7, 11) is 0. The van der Waals surface area contributed by atoms with Crippen LogP contribution in [0.2, 0.25) is 0 Å². The molecule has 0 aromatic heterocycles. The minimum Gasteiger partial charge on any atom is -1.00 e. The van der Waals surface area contributed by atoms with Gasteiger partial charge in [0.2, 0.25) is 0 Å². The zero-order valence-corrected chi connectivity index (χ0v) is 36.6. The van der Waals surface area contributed by atoms with Gasteiger partial charge in [0.1, 0.15) is 12.6 Å². The SMILES string of the molecule is C/C=C/C=O.C1CCOC1.CC(=O)S.CC(=O)SC(C)CC=O.CC(S)CCO.CCC(C)SC(C)=O.Cl.[B].[H-].[K+].[Na+].[OH-]. The number of thiol groups is 2. The predicted octanol–water partition coefficient (Wildman–Crippen LogP) is 0.000900. The molecule has 0 spiro atoms. The number of hydrogen-bond acceptors (Lipinski definition) is 11. The van der Waals surface area contributed by atoms with Gasteiger partial charge >= 0.3 is 80.9 Å². The van der Waals surface area contributed by atoms with E-state index < -0.39 is 0 Å². The van der Waals surface area contributed by atoms with Gasteiger partial charge in [-0.3, -0.25) is 19.2 Å². The van der Waals surface area contributed by atoms with E-state index >= 15 is 0 Å². The molecule has 0 aromatic rings. The summed E-state index contributed by atoms with van der Waals surface area (Å²) in [4.78, 5) is 49.3. The van der Waals surface area contributed by atoms with Gasteiger partial charge in [0.25, 0.3) is 0 Å². The molecule has 8 nitrogen and oxygen atoms in total. The Morgan fingerprint density at radius 2 is 1.38 bits per heavy atom. The Labute approximate surface area is 349 Å². The summed E-state index contributed by atoms with van der Waals surface area (Å²) in [5.74, 6) is 0. The number of carbonyl (C=O) groups is 5. The van der Waals surface area contributed by atoms with Crippen LogP contribution < -0.4 is 80.9 Å². The number of carbonyl (C=O) groups excluding carboxylic acids is 5. The van der Waals surface area contributed by atoms with Gasteiger partial charge in [-0.05, 0) is 38.7 Å². The van der Waals surface area contributed by atoms with Gasteiger partial charge in [-0.25, -0.2) is 0 Å². The summed E-state index contributed by atoms with van der Waals surface area (Å²) >= 11 is 9.97. The number of aldehydes is 2. The summed E-state index contributed by atoms with van der Waals surface area (Å²) < 4.78 is 4.94. The number of hydrogen-bond donors (Lipinski definition) is 3. The van der Waals surface area contributed by atoms with Crippen molar-refractivity contribution < 1.29 is 122 Å². The van der Waals surface area contributed by atoms with Crippen LogP contribution in [0.15, 0.2) is 12.2 Å². The Hall–Kier alpha value is 2.36. The minimum absolute atomic E-state index is 0. The van der Waals surface area contributed by atoms with Crippen LogP contribution in [0.5, 0.6) is 0 Å². The Balaban J connectivity index is -0.0000000314. The van der Waals surface area contributed by atoms with Crippen molar-refractivity contribution >= 4 is 97.5 Å². The van der Waals surface area contributed by atoms with Crippen molar-refractivity contribution in [3.63, 3.8) is 0 Å². The van der Waals surface area contributed by atoms with Gasteiger partial charge in [-0.2, -0.15) is 12.6 Å². The Kier molecular flexibility index (Phi) is 105. The average Bonchev–Trinajstić information content (AvgIpc) is 3.34. The third-order valence-electron chi connectivity index (χ3n) is 3.38. The molecular formula is C26H53BClKNaO8S4. The van der Waals surface area contributed by atoms with Crippen molar-refractivity contribution in [1.29, 1.82) is 0 Å². The van der Waals surface area contributed by atoms with Crippen LogP contribution >= 0.6 is 61.2 Å². The molecule has 0 aromatic carbocycles. The monoisotopic (exact) mass is 729 g/mol. The Morgan fingerprint density at radius 1 is 1.00 bits per heavy atom. The van der Waals surface area contributed by atoms with E-state index in [4.69, 9.17) is 9.84 Å². The van der Waals surface area contributed by atoms with Crippen LogP contribution in [0.4, 0.5) is 0 Å². The molecule has 1 aliphatic heterocycles. The second-order valence-electron chi connectivity index (χ2n) is 7.51. The van der Waals surface area contributed by atoms with Crippen molar-refractivity contribution in [3.8, 4) is 0 Å². The molecule has 0 amide bonds. The first-order valence-electron chi connectivity index (χ1n) is 12.2. The van der Waals surface area contributed by atoms with E-state index in [9.17, 15) is 24.0 Å². The van der Waals surface area contributed by atoms with Crippen LogP contribution in [0.1, 0.15) is 88.9 Å². The van der Waals surface area contributed by atoms with Crippen molar-refractivity contribution in [2.45, 2.75) is 103 Å². The molecule has 1 aliphatic rings. The van der Waals surface area contributed by atoms with E-state index in [1.807, 2.05) is 13.8 Å². The molecule has 0 saturated carbocycles. The fourth-order valence-corrected chi connectivity index (χ4v) is 3.20. The largest absolute Gasteiger partial charge is 1.00 e. The molecule has 16 heteroatoms. The standard InChI is InChI=1S/C6H10O2S.C6H12OS.C4H10OS.C4H8O.C4H6O.C2H4OS.B.ClH.K.Na.H2O.H/c1-5(3-4-7)9-6(2)8;1-4-5(2)8-6(3)7;1-4(6)2-3-5;1-2-4-5-3-1;1-2-3-4-5;1-2(3)4;;;;;;/h4-5H,3H2,1-2H3;5H,4H2,1-3H3;4-6H,2-3H2,1H3;1-4H2;2-4H,1H3;1H3,(H,3,4);;1H;;;1H2;/q;;;;;;;;2*+1;;-1/p-1/b;;;;3-2+;;;;;;;.